The third-order valence-corrected chi connectivity index (χ3v) is 3.49. The Bertz CT molecular complexity index is 599. The second-order valence-electron chi connectivity index (χ2n) is 4.70. The molecule has 4 heteroatoms. The molecule has 1 heterocycles. The van der Waals surface area contributed by atoms with E-state index in [0.29, 0.717) is 5.88 Å². The lowest BCUT2D eigenvalue weighted by Crippen LogP contribution is -2.14. The number of rotatable bonds is 5. The summed E-state index contributed by atoms with van der Waals surface area (Å²) in [7, 11) is 0. The van der Waals surface area contributed by atoms with E-state index >= 15 is 0 Å². The summed E-state index contributed by atoms with van der Waals surface area (Å²) >= 11 is 3.45. The highest BCUT2D eigenvalue weighted by atomic mass is 79.9. The standard InChI is InChI=1S/C16H19BrN2O/c1-4-18-10-15-11(2)8-12(3)19-16(15)20-14-7-5-6-13(17)9-14/h5-9,18H,4,10H2,1-3H3. The quantitative estimate of drug-likeness (QED) is 0.881. The molecule has 0 saturated heterocycles. The van der Waals surface area contributed by atoms with Crippen molar-refractivity contribution in [2.24, 2.45) is 0 Å². The molecule has 0 aliphatic carbocycles. The monoisotopic (exact) mass is 334 g/mol. The molecule has 20 heavy (non-hydrogen) atoms. The molecule has 0 spiro atoms. The highest BCUT2D eigenvalue weighted by Crippen LogP contribution is 2.28. The summed E-state index contributed by atoms with van der Waals surface area (Å²) in [6.45, 7) is 7.85. The number of pyridine rings is 1. The molecular formula is C16H19BrN2O. The first-order chi connectivity index (χ1) is 9.60. The maximum Gasteiger partial charge on any atom is 0.224 e. The van der Waals surface area contributed by atoms with Crippen LogP contribution in [0, 0.1) is 13.8 Å². The predicted molar refractivity (Wildman–Crippen MR) is 85.3 cm³/mol. The molecule has 0 unspecified atom stereocenters. The minimum absolute atomic E-state index is 0.682. The van der Waals surface area contributed by atoms with Gasteiger partial charge in [0.2, 0.25) is 5.88 Å². The van der Waals surface area contributed by atoms with Crippen LogP contribution in [-0.4, -0.2) is 11.5 Å². The molecule has 3 nitrogen and oxygen atoms in total. The van der Waals surface area contributed by atoms with Crippen LogP contribution in [0.3, 0.4) is 0 Å². The van der Waals surface area contributed by atoms with Crippen LogP contribution < -0.4 is 10.1 Å². The van der Waals surface area contributed by atoms with Crippen LogP contribution in [0.2, 0.25) is 0 Å². The summed E-state index contributed by atoms with van der Waals surface area (Å²) in [5, 5.41) is 3.33. The van der Waals surface area contributed by atoms with E-state index in [9.17, 15) is 0 Å². The van der Waals surface area contributed by atoms with Crippen LogP contribution >= 0.6 is 15.9 Å². The van der Waals surface area contributed by atoms with Gasteiger partial charge in [-0.15, -0.1) is 0 Å². The third-order valence-electron chi connectivity index (χ3n) is 3.00. The molecule has 0 radical (unpaired) electrons. The number of aryl methyl sites for hydroxylation is 2. The summed E-state index contributed by atoms with van der Waals surface area (Å²) in [4.78, 5) is 4.53. The SMILES string of the molecule is CCNCc1c(C)cc(C)nc1Oc1cccc(Br)c1. The molecular weight excluding hydrogens is 316 g/mol. The van der Waals surface area contributed by atoms with Gasteiger partial charge >= 0.3 is 0 Å². The number of ether oxygens (including phenoxy) is 1. The lowest BCUT2D eigenvalue weighted by molar-refractivity contribution is 0.451. The van der Waals surface area contributed by atoms with Crippen molar-refractivity contribution in [2.75, 3.05) is 6.54 Å². The van der Waals surface area contributed by atoms with E-state index in [1.165, 1.54) is 5.56 Å². The van der Waals surface area contributed by atoms with E-state index in [2.05, 4.69) is 46.1 Å². The maximum atomic E-state index is 5.97. The number of nitrogens with zero attached hydrogens (tertiary/aromatic N) is 1. The van der Waals surface area contributed by atoms with Gasteiger partial charge in [-0.05, 0) is 50.2 Å². The van der Waals surface area contributed by atoms with E-state index in [4.69, 9.17) is 4.74 Å². The minimum atomic E-state index is 0.682. The number of halogens is 1. The molecule has 1 aromatic carbocycles. The fraction of sp³-hybridized carbons (Fsp3) is 0.312. The minimum Gasteiger partial charge on any atom is -0.439 e. The summed E-state index contributed by atoms with van der Waals surface area (Å²) in [5.74, 6) is 1.47. The van der Waals surface area contributed by atoms with Gasteiger partial charge in [0.25, 0.3) is 0 Å². The van der Waals surface area contributed by atoms with E-state index < -0.39 is 0 Å². The zero-order valence-electron chi connectivity index (χ0n) is 12.0. The van der Waals surface area contributed by atoms with Crippen LogP contribution in [0.4, 0.5) is 0 Å². The number of benzene rings is 1. The van der Waals surface area contributed by atoms with Crippen LogP contribution in [-0.2, 0) is 6.54 Å². The number of aromatic nitrogens is 1. The van der Waals surface area contributed by atoms with Crippen molar-refractivity contribution < 1.29 is 4.74 Å². The Hall–Kier alpha value is -1.39. The average Bonchev–Trinajstić information content (AvgIpc) is 2.37. The molecule has 0 amide bonds. The first-order valence-electron chi connectivity index (χ1n) is 6.71. The smallest absolute Gasteiger partial charge is 0.224 e. The van der Waals surface area contributed by atoms with Crippen LogP contribution in [0.1, 0.15) is 23.7 Å². The summed E-state index contributed by atoms with van der Waals surface area (Å²) in [6.07, 6.45) is 0. The number of hydrogen-bond donors (Lipinski definition) is 1. The predicted octanol–water partition coefficient (Wildman–Crippen LogP) is 4.36. The third kappa shape index (κ3) is 3.81. The average molecular weight is 335 g/mol. The molecule has 0 atom stereocenters. The number of hydrogen-bond acceptors (Lipinski definition) is 3. The van der Waals surface area contributed by atoms with E-state index in [1.54, 1.807) is 0 Å². The van der Waals surface area contributed by atoms with E-state index in [1.807, 2.05) is 31.2 Å². The largest absolute Gasteiger partial charge is 0.439 e. The molecule has 0 saturated carbocycles. The summed E-state index contributed by atoms with van der Waals surface area (Å²) in [5.41, 5.74) is 3.27. The fourth-order valence-electron chi connectivity index (χ4n) is 2.02. The Balaban J connectivity index is 2.33. The Labute approximate surface area is 128 Å². The number of nitrogens with one attached hydrogen (secondary N) is 1. The van der Waals surface area contributed by atoms with Crippen molar-refractivity contribution in [1.82, 2.24) is 10.3 Å². The van der Waals surface area contributed by atoms with Gasteiger partial charge in [-0.1, -0.05) is 28.9 Å². The van der Waals surface area contributed by atoms with Crippen LogP contribution in [0.25, 0.3) is 0 Å². The van der Waals surface area contributed by atoms with E-state index in [0.717, 1.165) is 34.6 Å². The van der Waals surface area contributed by atoms with Gasteiger partial charge < -0.3 is 10.1 Å². The lowest BCUT2D eigenvalue weighted by atomic mass is 10.1. The molecule has 1 aromatic heterocycles. The molecule has 1 N–H and O–H groups in total. The molecule has 0 bridgehead atoms. The normalized spacial score (nSPS) is 10.6. The summed E-state index contributed by atoms with van der Waals surface area (Å²) in [6, 6.07) is 9.88. The van der Waals surface area contributed by atoms with Crippen molar-refractivity contribution in [3.05, 3.63) is 51.6 Å². The van der Waals surface area contributed by atoms with Crippen molar-refractivity contribution in [1.29, 1.82) is 0 Å². The highest BCUT2D eigenvalue weighted by molar-refractivity contribution is 9.10. The second kappa shape index (κ2) is 6.86. The lowest BCUT2D eigenvalue weighted by Gasteiger charge is -2.14. The molecule has 0 aliphatic heterocycles. The first-order valence-corrected chi connectivity index (χ1v) is 7.50. The molecule has 0 fully saturated rings. The van der Waals surface area contributed by atoms with Crippen molar-refractivity contribution >= 4 is 15.9 Å². The van der Waals surface area contributed by atoms with Crippen LogP contribution in [0.5, 0.6) is 11.6 Å². The van der Waals surface area contributed by atoms with Crippen LogP contribution in [0.15, 0.2) is 34.8 Å². The van der Waals surface area contributed by atoms with Gasteiger partial charge in [-0.2, -0.15) is 0 Å². The molecule has 0 aliphatic rings. The zero-order valence-corrected chi connectivity index (χ0v) is 13.6. The van der Waals surface area contributed by atoms with Gasteiger partial charge in [0.15, 0.2) is 0 Å². The van der Waals surface area contributed by atoms with Crippen molar-refractivity contribution in [3.8, 4) is 11.6 Å². The van der Waals surface area contributed by atoms with Gasteiger partial charge in [-0.3, -0.25) is 0 Å². The highest BCUT2D eigenvalue weighted by Gasteiger charge is 2.11. The maximum absolute atomic E-state index is 5.97. The zero-order chi connectivity index (χ0) is 14.5. The van der Waals surface area contributed by atoms with Crippen molar-refractivity contribution in [3.63, 3.8) is 0 Å². The first kappa shape index (κ1) is 15.0. The Morgan fingerprint density at radius 3 is 2.75 bits per heavy atom. The second-order valence-corrected chi connectivity index (χ2v) is 5.62. The Morgan fingerprint density at radius 1 is 1.25 bits per heavy atom. The van der Waals surface area contributed by atoms with Gasteiger partial charge in [-0.25, -0.2) is 4.98 Å². The van der Waals surface area contributed by atoms with Gasteiger partial charge in [0.05, 0.1) is 0 Å². The Morgan fingerprint density at radius 2 is 2.05 bits per heavy atom. The topological polar surface area (TPSA) is 34.2 Å². The van der Waals surface area contributed by atoms with Crippen molar-refractivity contribution in [2.45, 2.75) is 27.3 Å². The molecule has 2 aromatic rings. The van der Waals surface area contributed by atoms with E-state index in [-0.39, 0.29) is 0 Å². The Kier molecular flexibility index (Phi) is 5.15. The molecule has 2 rings (SSSR count). The summed E-state index contributed by atoms with van der Waals surface area (Å²) < 4.78 is 6.96. The van der Waals surface area contributed by atoms with Gasteiger partial charge in [0.1, 0.15) is 5.75 Å². The molecule has 106 valence electrons. The van der Waals surface area contributed by atoms with Gasteiger partial charge in [0, 0.05) is 22.3 Å². The fourth-order valence-corrected chi connectivity index (χ4v) is 2.40.